The van der Waals surface area contributed by atoms with Crippen molar-refractivity contribution in [3.63, 3.8) is 0 Å². The van der Waals surface area contributed by atoms with Crippen LogP contribution in [0.25, 0.3) is 0 Å². The van der Waals surface area contributed by atoms with E-state index in [1.54, 1.807) is 56.5 Å². The number of rotatable bonds is 11. The molecule has 3 aromatic rings. The molecule has 0 bridgehead atoms. The molecule has 1 N–H and O–H groups in total. The molecule has 0 saturated heterocycles. The molecule has 0 radical (unpaired) electrons. The summed E-state index contributed by atoms with van der Waals surface area (Å²) in [5.41, 5.74) is 2.88. The summed E-state index contributed by atoms with van der Waals surface area (Å²) in [5.74, 6) is -0.0491. The summed E-state index contributed by atoms with van der Waals surface area (Å²) in [6.45, 7) is 5.11. The van der Waals surface area contributed by atoms with Crippen LogP contribution in [0.2, 0.25) is 0 Å². The van der Waals surface area contributed by atoms with E-state index >= 15 is 0 Å². The van der Waals surface area contributed by atoms with Gasteiger partial charge in [0.05, 0.1) is 17.7 Å². The van der Waals surface area contributed by atoms with E-state index in [1.807, 2.05) is 32.0 Å². The predicted molar refractivity (Wildman–Crippen MR) is 160 cm³/mol. The van der Waals surface area contributed by atoms with Crippen LogP contribution in [0.4, 0.5) is 5.69 Å². The van der Waals surface area contributed by atoms with Crippen LogP contribution in [0.15, 0.2) is 77.7 Å². The number of carbonyl (C=O) groups is 2. The van der Waals surface area contributed by atoms with Crippen molar-refractivity contribution in [3.05, 3.63) is 89.5 Å². The lowest BCUT2D eigenvalue weighted by atomic mass is 10.1. The second kappa shape index (κ2) is 13.2. The Morgan fingerprint density at radius 1 is 0.951 bits per heavy atom. The van der Waals surface area contributed by atoms with Gasteiger partial charge in [-0.3, -0.25) is 13.9 Å². The first-order valence-electron chi connectivity index (χ1n) is 14.0. The molecule has 1 aliphatic rings. The van der Waals surface area contributed by atoms with E-state index in [9.17, 15) is 18.0 Å². The number of hydrogen-bond donors (Lipinski definition) is 1. The molecular weight excluding hydrogens is 538 g/mol. The Labute approximate surface area is 243 Å². The summed E-state index contributed by atoms with van der Waals surface area (Å²) in [4.78, 5) is 29.0. The molecule has 1 fully saturated rings. The second-order valence-corrected chi connectivity index (χ2v) is 12.4. The highest BCUT2D eigenvalue weighted by molar-refractivity contribution is 7.92. The number of carbonyl (C=O) groups excluding carboxylic acids is 2. The zero-order valence-electron chi connectivity index (χ0n) is 24.2. The second-order valence-electron chi connectivity index (χ2n) is 10.6. The molecule has 1 aliphatic carbocycles. The standard InChI is InChI=1S/C32H39N3O5S/c1-23-11-10-16-30(24(23)2)35(41(38,39)29-14-6-5-7-15-29)22-31(36)34(21-26-17-19-28(40-4)20-18-26)25(3)32(37)33-27-12-8-9-13-27/h5-7,10-11,14-20,25,27H,8-9,12-13,21-22H2,1-4H3,(H,33,37)/t25-/m1/s1. The number of methoxy groups -OCH3 is 1. The number of benzene rings is 3. The maximum absolute atomic E-state index is 14.1. The molecule has 9 heteroatoms. The quantitative estimate of drug-likeness (QED) is 0.347. The third-order valence-electron chi connectivity index (χ3n) is 7.84. The van der Waals surface area contributed by atoms with E-state index in [1.165, 1.54) is 17.0 Å². The van der Waals surface area contributed by atoms with Crippen molar-refractivity contribution in [1.82, 2.24) is 10.2 Å². The monoisotopic (exact) mass is 577 g/mol. The van der Waals surface area contributed by atoms with Crippen LogP contribution >= 0.6 is 0 Å². The summed E-state index contributed by atoms with van der Waals surface area (Å²) in [5, 5.41) is 3.09. The third-order valence-corrected chi connectivity index (χ3v) is 9.61. The molecule has 1 saturated carbocycles. The van der Waals surface area contributed by atoms with Crippen LogP contribution in [0, 0.1) is 13.8 Å². The molecule has 2 amide bonds. The average molecular weight is 578 g/mol. The van der Waals surface area contributed by atoms with Crippen molar-refractivity contribution >= 4 is 27.5 Å². The van der Waals surface area contributed by atoms with Gasteiger partial charge in [0.15, 0.2) is 0 Å². The van der Waals surface area contributed by atoms with Crippen LogP contribution in [0.5, 0.6) is 5.75 Å². The zero-order valence-corrected chi connectivity index (χ0v) is 25.0. The fraction of sp³-hybridized carbons (Fsp3) is 0.375. The zero-order chi connectivity index (χ0) is 29.6. The van der Waals surface area contributed by atoms with Crippen LogP contribution in [0.3, 0.4) is 0 Å². The number of hydrogen-bond acceptors (Lipinski definition) is 5. The number of anilines is 1. The smallest absolute Gasteiger partial charge is 0.264 e. The summed E-state index contributed by atoms with van der Waals surface area (Å²) in [6.07, 6.45) is 3.97. The topological polar surface area (TPSA) is 96.0 Å². The SMILES string of the molecule is COc1ccc(CN(C(=O)CN(c2cccc(C)c2C)S(=O)(=O)c2ccccc2)[C@H](C)C(=O)NC2CCCC2)cc1. The van der Waals surface area contributed by atoms with Crippen LogP contribution in [-0.4, -0.2) is 50.9 Å². The van der Waals surface area contributed by atoms with E-state index in [0.717, 1.165) is 46.7 Å². The van der Waals surface area contributed by atoms with Gasteiger partial charge >= 0.3 is 0 Å². The molecule has 1 atom stereocenters. The average Bonchev–Trinajstić information content (AvgIpc) is 3.49. The van der Waals surface area contributed by atoms with Crippen LogP contribution < -0.4 is 14.4 Å². The molecule has 218 valence electrons. The molecular formula is C32H39N3O5S. The van der Waals surface area contributed by atoms with Gasteiger partial charge in [-0.25, -0.2) is 8.42 Å². The molecule has 4 rings (SSSR count). The van der Waals surface area contributed by atoms with Crippen molar-refractivity contribution in [2.24, 2.45) is 0 Å². The Bertz CT molecular complexity index is 1450. The maximum atomic E-state index is 14.1. The van der Waals surface area contributed by atoms with Crippen molar-refractivity contribution in [3.8, 4) is 5.75 Å². The molecule has 3 aromatic carbocycles. The highest BCUT2D eigenvalue weighted by Crippen LogP contribution is 2.29. The van der Waals surface area contributed by atoms with E-state index in [2.05, 4.69) is 5.32 Å². The molecule has 0 unspecified atom stereocenters. The number of nitrogens with one attached hydrogen (secondary N) is 1. The van der Waals surface area contributed by atoms with Crippen molar-refractivity contribution in [2.45, 2.75) is 70.0 Å². The Morgan fingerprint density at radius 2 is 1.61 bits per heavy atom. The molecule has 0 aromatic heterocycles. The third kappa shape index (κ3) is 7.08. The molecule has 0 spiro atoms. The minimum Gasteiger partial charge on any atom is -0.497 e. The van der Waals surface area contributed by atoms with Crippen molar-refractivity contribution in [1.29, 1.82) is 0 Å². The maximum Gasteiger partial charge on any atom is 0.264 e. The van der Waals surface area contributed by atoms with Crippen LogP contribution in [0.1, 0.15) is 49.3 Å². The predicted octanol–water partition coefficient (Wildman–Crippen LogP) is 4.98. The number of nitrogens with zero attached hydrogens (tertiary/aromatic N) is 2. The summed E-state index contributed by atoms with van der Waals surface area (Å²) in [7, 11) is -2.52. The van der Waals surface area contributed by atoms with Gasteiger partial charge in [-0.05, 0) is 80.6 Å². The van der Waals surface area contributed by atoms with E-state index < -0.39 is 28.5 Å². The Balaban J connectivity index is 1.70. The van der Waals surface area contributed by atoms with Gasteiger partial charge in [-0.1, -0.05) is 55.3 Å². The lowest BCUT2D eigenvalue weighted by molar-refractivity contribution is -0.139. The number of sulfonamides is 1. The van der Waals surface area contributed by atoms with Gasteiger partial charge in [0, 0.05) is 12.6 Å². The van der Waals surface area contributed by atoms with Gasteiger partial charge in [-0.2, -0.15) is 0 Å². The van der Waals surface area contributed by atoms with Gasteiger partial charge in [0.1, 0.15) is 18.3 Å². The molecule has 0 aliphatic heterocycles. The first-order chi connectivity index (χ1) is 19.6. The fourth-order valence-electron chi connectivity index (χ4n) is 5.14. The number of ether oxygens (including phenoxy) is 1. The summed E-state index contributed by atoms with van der Waals surface area (Å²) >= 11 is 0. The van der Waals surface area contributed by atoms with Crippen molar-refractivity contribution in [2.75, 3.05) is 18.0 Å². The lowest BCUT2D eigenvalue weighted by Gasteiger charge is -2.33. The van der Waals surface area contributed by atoms with E-state index in [-0.39, 0.29) is 23.4 Å². The van der Waals surface area contributed by atoms with Gasteiger partial charge in [-0.15, -0.1) is 0 Å². The lowest BCUT2D eigenvalue weighted by Crippen LogP contribution is -2.52. The molecule has 41 heavy (non-hydrogen) atoms. The van der Waals surface area contributed by atoms with Gasteiger partial charge in [0.25, 0.3) is 10.0 Å². The fourth-order valence-corrected chi connectivity index (χ4v) is 6.63. The first kappa shape index (κ1) is 30.1. The summed E-state index contributed by atoms with van der Waals surface area (Å²) < 4.78 is 34.4. The number of aryl methyl sites for hydroxylation is 1. The highest BCUT2D eigenvalue weighted by atomic mass is 32.2. The summed E-state index contributed by atoms with van der Waals surface area (Å²) in [6, 6.07) is 20.0. The minimum absolute atomic E-state index is 0.0856. The molecule has 8 nitrogen and oxygen atoms in total. The van der Waals surface area contributed by atoms with Crippen LogP contribution in [-0.2, 0) is 26.2 Å². The highest BCUT2D eigenvalue weighted by Gasteiger charge is 2.34. The van der Waals surface area contributed by atoms with E-state index in [4.69, 9.17) is 4.74 Å². The largest absolute Gasteiger partial charge is 0.497 e. The Hall–Kier alpha value is -3.85. The van der Waals surface area contributed by atoms with Gasteiger partial charge in [0.2, 0.25) is 11.8 Å². The molecule has 0 heterocycles. The Kier molecular flexibility index (Phi) is 9.70. The Morgan fingerprint density at radius 3 is 2.24 bits per heavy atom. The normalized spacial score (nSPS) is 14.3. The van der Waals surface area contributed by atoms with Gasteiger partial charge < -0.3 is 15.0 Å². The van der Waals surface area contributed by atoms with E-state index in [0.29, 0.717) is 11.4 Å². The number of amides is 2. The minimum atomic E-state index is -4.10. The van der Waals surface area contributed by atoms with Crippen molar-refractivity contribution < 1.29 is 22.7 Å². The first-order valence-corrected chi connectivity index (χ1v) is 15.4.